The molecule has 4 aliphatic rings. The third-order valence-corrected chi connectivity index (χ3v) is 12.7. The second kappa shape index (κ2) is 16.1. The van der Waals surface area contributed by atoms with E-state index < -0.39 is 86.7 Å². The minimum Gasteiger partial charge on any atom is -0.496 e. The van der Waals surface area contributed by atoms with Crippen LogP contribution in [0.2, 0.25) is 0 Å². The van der Waals surface area contributed by atoms with Gasteiger partial charge < -0.3 is 24.4 Å². The highest BCUT2D eigenvalue weighted by atomic mass is 32.2. The van der Waals surface area contributed by atoms with Crippen molar-refractivity contribution in [2.45, 2.75) is 101 Å². The van der Waals surface area contributed by atoms with Crippen molar-refractivity contribution in [3.63, 3.8) is 0 Å². The lowest BCUT2D eigenvalue weighted by molar-refractivity contribution is -0.197. The molecule has 2 aliphatic carbocycles. The Morgan fingerprint density at radius 3 is 2.54 bits per heavy atom. The summed E-state index contributed by atoms with van der Waals surface area (Å²) in [5.74, 6) is -4.09. The number of amides is 4. The normalized spacial score (nSPS) is 28.3. The van der Waals surface area contributed by atoms with Gasteiger partial charge in [0.05, 0.1) is 24.3 Å². The highest BCUT2D eigenvalue weighted by molar-refractivity contribution is 7.91. The zero-order chi connectivity index (χ0) is 41.4. The van der Waals surface area contributed by atoms with Gasteiger partial charge in [0, 0.05) is 41.8 Å². The number of methoxy groups -OCH3 is 1. The number of ether oxygens (including phenoxy) is 3. The monoisotopic (exact) mass is 823 g/mol. The Morgan fingerprint density at radius 2 is 1.86 bits per heavy atom. The summed E-state index contributed by atoms with van der Waals surface area (Å²) in [5.41, 5.74) is -1.70. The fraction of sp³-hybridized carbons (Fsp3) is 0.553. The van der Waals surface area contributed by atoms with Crippen molar-refractivity contribution < 1.29 is 59.4 Å². The van der Waals surface area contributed by atoms with Crippen molar-refractivity contribution in [3.8, 4) is 11.6 Å². The van der Waals surface area contributed by atoms with Gasteiger partial charge in [-0.15, -0.1) is 0 Å². The van der Waals surface area contributed by atoms with Crippen LogP contribution in [0.4, 0.5) is 22.4 Å². The molecule has 0 bridgehead atoms. The SMILES string of the molecule is COc1cc(F)cc2c(OC3CC4C(=O)NC5(C(=O)NS(=O)(=O)C6CC6)CC5C=CCCC(C)CC(C)/C(=C/NC(=O)OC(C)C(F)(F)F)C(=O)N4C3)nccc12. The van der Waals surface area contributed by atoms with Crippen LogP contribution in [-0.2, 0) is 29.1 Å². The first-order valence-electron chi connectivity index (χ1n) is 18.7. The zero-order valence-electron chi connectivity index (χ0n) is 31.7. The molecule has 2 aliphatic heterocycles. The van der Waals surface area contributed by atoms with E-state index in [-0.39, 0.29) is 47.9 Å². The van der Waals surface area contributed by atoms with E-state index >= 15 is 0 Å². The lowest BCUT2D eigenvalue weighted by Gasteiger charge is -2.29. The van der Waals surface area contributed by atoms with Gasteiger partial charge in [0.25, 0.3) is 11.8 Å². The second-order valence-electron chi connectivity index (χ2n) is 15.3. The van der Waals surface area contributed by atoms with Crippen LogP contribution in [0, 0.1) is 23.6 Å². The molecule has 2 saturated carbocycles. The molecule has 0 spiro atoms. The van der Waals surface area contributed by atoms with E-state index in [9.17, 15) is 45.2 Å². The van der Waals surface area contributed by atoms with Gasteiger partial charge in [-0.25, -0.2) is 22.6 Å². The number of carbonyl (C=O) groups is 4. The third kappa shape index (κ3) is 9.28. The van der Waals surface area contributed by atoms with Gasteiger partial charge in [0.1, 0.15) is 29.3 Å². The van der Waals surface area contributed by atoms with Gasteiger partial charge in [-0.3, -0.25) is 24.4 Å². The van der Waals surface area contributed by atoms with Crippen LogP contribution in [0.25, 0.3) is 10.8 Å². The molecule has 7 atom stereocenters. The maximum atomic E-state index is 14.7. The Morgan fingerprint density at radius 1 is 1.12 bits per heavy atom. The molecule has 6 rings (SSSR count). The molecular formula is C38H45F4N5O9S. The average molecular weight is 824 g/mol. The number of pyridine rings is 1. The maximum Gasteiger partial charge on any atom is 0.425 e. The number of aromatic nitrogens is 1. The molecule has 4 amide bonds. The van der Waals surface area contributed by atoms with E-state index in [1.165, 1.54) is 30.3 Å². The standard InChI is InChI=1S/C38H45F4N5O9S/c1-20-7-5-6-8-23-17-37(23,35(50)46-57(52,53)26-9-10-26)45-32(48)30-16-25(56-33-28-14-24(39)15-31(54-4)27(28)11-12-43-33)19-47(30)34(49)29(21(2)13-20)18-44-36(51)55-22(3)38(40,41)42/h6,8,11-12,14-15,18,20-23,25-26,30H,5,7,9-10,13,16-17,19H2,1-4H3,(H,44,51)(H,45,48)(H,46,50)/b8-6?,29-18-. The predicted octanol–water partition coefficient (Wildman–Crippen LogP) is 4.79. The molecule has 14 nitrogen and oxygen atoms in total. The van der Waals surface area contributed by atoms with Gasteiger partial charge in [-0.1, -0.05) is 26.0 Å². The molecule has 1 aromatic heterocycles. The minimum absolute atomic E-state index is 0.0147. The maximum absolute atomic E-state index is 14.7. The Hall–Kier alpha value is -4.94. The molecule has 0 radical (unpaired) electrons. The molecule has 3 N–H and O–H groups in total. The first-order valence-corrected chi connectivity index (χ1v) is 20.3. The van der Waals surface area contributed by atoms with Crippen LogP contribution >= 0.6 is 0 Å². The topological polar surface area (TPSA) is 182 Å². The van der Waals surface area contributed by atoms with Gasteiger partial charge in [0.2, 0.25) is 21.8 Å². The van der Waals surface area contributed by atoms with Crippen LogP contribution in [0.1, 0.15) is 65.7 Å². The zero-order valence-corrected chi connectivity index (χ0v) is 32.5. The van der Waals surface area contributed by atoms with E-state index in [0.717, 1.165) is 6.20 Å². The average Bonchev–Trinajstić information content (AvgIpc) is 4.06. The van der Waals surface area contributed by atoms with E-state index in [2.05, 4.69) is 25.1 Å². The summed E-state index contributed by atoms with van der Waals surface area (Å²) in [7, 11) is -2.62. The van der Waals surface area contributed by atoms with Gasteiger partial charge in [0.15, 0.2) is 6.10 Å². The number of sulfonamides is 1. The largest absolute Gasteiger partial charge is 0.496 e. The van der Waals surface area contributed by atoms with Crippen LogP contribution < -0.4 is 24.8 Å². The number of hydrogen-bond acceptors (Lipinski definition) is 10. The number of alkyl carbamates (subject to hydrolysis) is 1. The number of alkyl halides is 3. The summed E-state index contributed by atoms with van der Waals surface area (Å²) in [6.45, 7) is 4.05. The van der Waals surface area contributed by atoms with E-state index in [0.29, 0.717) is 44.4 Å². The fourth-order valence-corrected chi connectivity index (χ4v) is 8.77. The number of allylic oxidation sites excluding steroid dienone is 1. The summed E-state index contributed by atoms with van der Waals surface area (Å²) in [6.07, 6.45) is -1.39. The second-order valence-corrected chi connectivity index (χ2v) is 17.3. The first-order chi connectivity index (χ1) is 26.8. The number of fused-ring (bicyclic) bond motifs is 3. The van der Waals surface area contributed by atoms with Crippen LogP contribution in [0.5, 0.6) is 11.6 Å². The number of nitrogens with one attached hydrogen (secondary N) is 3. The van der Waals surface area contributed by atoms with Crippen LogP contribution in [-0.4, -0.2) is 91.0 Å². The molecule has 57 heavy (non-hydrogen) atoms. The summed E-state index contributed by atoms with van der Waals surface area (Å²) in [5, 5.41) is 4.90. The smallest absolute Gasteiger partial charge is 0.425 e. The van der Waals surface area contributed by atoms with Gasteiger partial charge in [-0.2, -0.15) is 13.2 Å². The summed E-state index contributed by atoms with van der Waals surface area (Å²) >= 11 is 0. The molecule has 310 valence electrons. The lowest BCUT2D eigenvalue weighted by Crippen LogP contribution is -2.56. The quantitative estimate of drug-likeness (QED) is 0.190. The fourth-order valence-electron chi connectivity index (χ4n) is 7.40. The Bertz CT molecular complexity index is 2090. The number of benzene rings is 1. The van der Waals surface area contributed by atoms with E-state index in [1.54, 1.807) is 19.1 Å². The van der Waals surface area contributed by atoms with Crippen molar-refractivity contribution in [2.24, 2.45) is 17.8 Å². The van der Waals surface area contributed by atoms with E-state index in [4.69, 9.17) is 9.47 Å². The van der Waals surface area contributed by atoms with Gasteiger partial charge in [-0.05, 0) is 69.4 Å². The van der Waals surface area contributed by atoms with Crippen molar-refractivity contribution in [2.75, 3.05) is 13.7 Å². The van der Waals surface area contributed by atoms with Crippen LogP contribution in [0.15, 0.2) is 48.3 Å². The Kier molecular flexibility index (Phi) is 11.8. The number of carbonyl (C=O) groups excluding carboxylic acids is 4. The molecule has 7 unspecified atom stereocenters. The van der Waals surface area contributed by atoms with Crippen molar-refractivity contribution in [1.82, 2.24) is 25.2 Å². The molecule has 1 saturated heterocycles. The molecular weight excluding hydrogens is 779 g/mol. The summed E-state index contributed by atoms with van der Waals surface area (Å²) in [4.78, 5) is 60.7. The predicted molar refractivity (Wildman–Crippen MR) is 196 cm³/mol. The molecule has 19 heteroatoms. The Balaban J connectivity index is 1.36. The highest BCUT2D eigenvalue weighted by Gasteiger charge is 2.62. The van der Waals surface area contributed by atoms with Crippen molar-refractivity contribution >= 4 is 44.6 Å². The van der Waals surface area contributed by atoms with Gasteiger partial charge >= 0.3 is 12.3 Å². The number of rotatable bonds is 8. The van der Waals surface area contributed by atoms with E-state index in [1.807, 2.05) is 13.0 Å². The molecule has 3 heterocycles. The van der Waals surface area contributed by atoms with Crippen molar-refractivity contribution in [1.29, 1.82) is 0 Å². The molecule has 1 aromatic carbocycles. The first kappa shape index (κ1) is 41.7. The lowest BCUT2D eigenvalue weighted by atomic mass is 9.88. The number of nitrogens with zero attached hydrogens (tertiary/aromatic N) is 2. The summed E-state index contributed by atoms with van der Waals surface area (Å²) in [6, 6.07) is 2.64. The Labute approximate surface area is 326 Å². The number of halogens is 4. The third-order valence-electron chi connectivity index (χ3n) is 10.9. The highest BCUT2D eigenvalue weighted by Crippen LogP contribution is 2.46. The molecule has 2 aromatic rings. The number of hydrogen-bond donors (Lipinski definition) is 3. The molecule has 3 fully saturated rings. The van der Waals surface area contributed by atoms with Crippen molar-refractivity contribution in [3.05, 3.63) is 54.1 Å². The minimum atomic E-state index is -4.83. The van der Waals surface area contributed by atoms with Crippen LogP contribution in [0.3, 0.4) is 0 Å². The summed E-state index contributed by atoms with van der Waals surface area (Å²) < 4.78 is 97.9.